The molecule has 0 bridgehead atoms. The Kier molecular flexibility index (Phi) is 6.53. The van der Waals surface area contributed by atoms with Gasteiger partial charge in [-0.05, 0) is 110 Å². The first kappa shape index (κ1) is 28.4. The molecule has 10 aromatic rings. The van der Waals surface area contributed by atoms with Gasteiger partial charge in [-0.25, -0.2) is 0 Å². The Hall–Kier alpha value is -6.64. The first-order chi connectivity index (χ1) is 24.8. The van der Waals surface area contributed by atoms with Crippen LogP contribution in [0.15, 0.2) is 192 Å². The highest BCUT2D eigenvalue weighted by Gasteiger charge is 2.17. The number of nitrogens with zero attached hydrogens (tertiary/aromatic N) is 1. The van der Waals surface area contributed by atoms with Crippen molar-refractivity contribution in [2.75, 3.05) is 4.90 Å². The van der Waals surface area contributed by atoms with Crippen molar-refractivity contribution in [1.82, 2.24) is 0 Å². The number of anilines is 3. The van der Waals surface area contributed by atoms with E-state index in [-0.39, 0.29) is 0 Å². The second-order valence-electron chi connectivity index (χ2n) is 12.9. The molecule has 0 unspecified atom stereocenters. The number of rotatable bonds is 5. The third-order valence-corrected chi connectivity index (χ3v) is 10.0. The van der Waals surface area contributed by atoms with Crippen LogP contribution in [0.2, 0.25) is 0 Å². The lowest BCUT2D eigenvalue weighted by atomic mass is 9.93. The quantitative estimate of drug-likeness (QED) is 0.175. The van der Waals surface area contributed by atoms with E-state index in [1.54, 1.807) is 0 Å². The van der Waals surface area contributed by atoms with E-state index in [1.807, 2.05) is 12.1 Å². The normalized spacial score (nSPS) is 11.6. The molecule has 0 N–H and O–H groups in total. The van der Waals surface area contributed by atoms with Crippen LogP contribution in [0.1, 0.15) is 0 Å². The minimum atomic E-state index is 0.915. The lowest BCUT2D eigenvalue weighted by molar-refractivity contribution is 0.672. The van der Waals surface area contributed by atoms with E-state index in [2.05, 4.69) is 181 Å². The fourth-order valence-electron chi connectivity index (χ4n) is 7.60. The number of benzene rings is 9. The first-order valence-electron chi connectivity index (χ1n) is 17.1. The van der Waals surface area contributed by atoms with Crippen molar-refractivity contribution in [3.05, 3.63) is 188 Å². The molecular weight excluding hydrogens is 607 g/mol. The Morgan fingerprint density at radius 3 is 1.66 bits per heavy atom. The molecular formula is C48H31NO. The molecule has 0 radical (unpaired) electrons. The van der Waals surface area contributed by atoms with Gasteiger partial charge >= 0.3 is 0 Å². The summed E-state index contributed by atoms with van der Waals surface area (Å²) in [6.45, 7) is 0. The molecule has 234 valence electrons. The van der Waals surface area contributed by atoms with E-state index in [0.29, 0.717) is 0 Å². The minimum absolute atomic E-state index is 0.915. The molecule has 9 aromatic carbocycles. The molecule has 0 aliphatic heterocycles. The van der Waals surface area contributed by atoms with Gasteiger partial charge in [0.15, 0.2) is 0 Å². The second-order valence-corrected chi connectivity index (χ2v) is 12.9. The zero-order valence-corrected chi connectivity index (χ0v) is 27.3. The highest BCUT2D eigenvalue weighted by atomic mass is 16.3. The third-order valence-electron chi connectivity index (χ3n) is 10.0. The van der Waals surface area contributed by atoms with Gasteiger partial charge in [-0.3, -0.25) is 0 Å². The molecule has 0 fully saturated rings. The summed E-state index contributed by atoms with van der Waals surface area (Å²) >= 11 is 0. The fourth-order valence-corrected chi connectivity index (χ4v) is 7.60. The number of furan rings is 1. The summed E-state index contributed by atoms with van der Waals surface area (Å²) in [5.41, 5.74) is 9.96. The Labute approximate surface area is 290 Å². The molecule has 0 aliphatic rings. The highest BCUT2D eigenvalue weighted by molar-refractivity contribution is 6.16. The highest BCUT2D eigenvalue weighted by Crippen LogP contribution is 2.41. The van der Waals surface area contributed by atoms with Crippen LogP contribution in [-0.2, 0) is 0 Å². The van der Waals surface area contributed by atoms with E-state index in [0.717, 1.165) is 49.8 Å². The summed E-state index contributed by atoms with van der Waals surface area (Å²) in [5.74, 6) is 0. The van der Waals surface area contributed by atoms with Crippen LogP contribution < -0.4 is 4.90 Å². The SMILES string of the molecule is c1ccc(-c2ccc(N(c3ccc(-c4cc5ccccc5c5ccccc45)cc3)c3ccc4c(ccc5c6ccccc6oc45)c3)cc2)cc1. The molecule has 2 heteroatoms. The van der Waals surface area contributed by atoms with Crippen molar-refractivity contribution < 1.29 is 4.42 Å². The van der Waals surface area contributed by atoms with E-state index < -0.39 is 0 Å². The monoisotopic (exact) mass is 637 g/mol. The van der Waals surface area contributed by atoms with Gasteiger partial charge in [-0.2, -0.15) is 0 Å². The van der Waals surface area contributed by atoms with Gasteiger partial charge in [-0.1, -0.05) is 127 Å². The van der Waals surface area contributed by atoms with Crippen molar-refractivity contribution in [3.63, 3.8) is 0 Å². The third kappa shape index (κ3) is 4.65. The molecule has 0 amide bonds. The van der Waals surface area contributed by atoms with Crippen LogP contribution in [0.25, 0.3) is 76.5 Å². The van der Waals surface area contributed by atoms with Gasteiger partial charge in [0.2, 0.25) is 0 Å². The van der Waals surface area contributed by atoms with E-state index in [4.69, 9.17) is 4.42 Å². The smallest absolute Gasteiger partial charge is 0.143 e. The molecule has 0 saturated carbocycles. The Balaban J connectivity index is 1.11. The molecule has 10 rings (SSSR count). The van der Waals surface area contributed by atoms with Crippen molar-refractivity contribution in [1.29, 1.82) is 0 Å². The second kappa shape index (κ2) is 11.5. The summed E-state index contributed by atoms with van der Waals surface area (Å²) in [6, 6.07) is 67.5. The largest absolute Gasteiger partial charge is 0.455 e. The standard InChI is InChI=1S/C48H31NO/c1-2-10-32(11-3-1)33-18-23-37(24-19-33)49(39-27-29-41-36(30-39)22-28-45-44-16-8-9-17-47(44)50-48(41)45)38-25-20-34(21-26-38)46-31-35-12-4-5-13-40(35)42-14-6-7-15-43(42)46/h1-31H. The van der Waals surface area contributed by atoms with Crippen molar-refractivity contribution in [2.45, 2.75) is 0 Å². The van der Waals surface area contributed by atoms with Gasteiger partial charge in [0.05, 0.1) is 0 Å². The average Bonchev–Trinajstić information content (AvgIpc) is 3.58. The van der Waals surface area contributed by atoms with E-state index in [9.17, 15) is 0 Å². The molecule has 0 aliphatic carbocycles. The Morgan fingerprint density at radius 2 is 0.880 bits per heavy atom. The van der Waals surface area contributed by atoms with Crippen molar-refractivity contribution in [3.8, 4) is 22.3 Å². The summed E-state index contributed by atoms with van der Waals surface area (Å²) < 4.78 is 6.39. The van der Waals surface area contributed by atoms with Gasteiger partial charge in [0.25, 0.3) is 0 Å². The van der Waals surface area contributed by atoms with Gasteiger partial charge < -0.3 is 9.32 Å². The maximum absolute atomic E-state index is 6.39. The topological polar surface area (TPSA) is 16.4 Å². The lowest BCUT2D eigenvalue weighted by Gasteiger charge is -2.26. The summed E-state index contributed by atoms with van der Waals surface area (Å²) in [5, 5.41) is 9.61. The van der Waals surface area contributed by atoms with Crippen LogP contribution in [0.3, 0.4) is 0 Å². The van der Waals surface area contributed by atoms with E-state index in [1.165, 1.54) is 43.8 Å². The van der Waals surface area contributed by atoms with Gasteiger partial charge in [-0.15, -0.1) is 0 Å². The summed E-state index contributed by atoms with van der Waals surface area (Å²) in [7, 11) is 0. The number of hydrogen-bond donors (Lipinski definition) is 0. The fraction of sp³-hybridized carbons (Fsp3) is 0. The average molecular weight is 638 g/mol. The van der Waals surface area contributed by atoms with Gasteiger partial charge in [0, 0.05) is 33.2 Å². The maximum Gasteiger partial charge on any atom is 0.143 e. The molecule has 2 nitrogen and oxygen atoms in total. The molecule has 1 aromatic heterocycles. The van der Waals surface area contributed by atoms with Crippen LogP contribution in [-0.4, -0.2) is 0 Å². The molecule has 1 heterocycles. The summed E-state index contributed by atoms with van der Waals surface area (Å²) in [4.78, 5) is 2.35. The zero-order valence-electron chi connectivity index (χ0n) is 27.3. The summed E-state index contributed by atoms with van der Waals surface area (Å²) in [6.07, 6.45) is 0. The number of para-hydroxylation sites is 1. The molecule has 50 heavy (non-hydrogen) atoms. The predicted octanol–water partition coefficient (Wildman–Crippen LogP) is 13.8. The molecule has 0 atom stereocenters. The van der Waals surface area contributed by atoms with Crippen molar-refractivity contribution >= 4 is 71.3 Å². The van der Waals surface area contributed by atoms with Crippen LogP contribution in [0.4, 0.5) is 17.1 Å². The van der Waals surface area contributed by atoms with Crippen LogP contribution in [0.5, 0.6) is 0 Å². The maximum atomic E-state index is 6.39. The lowest BCUT2D eigenvalue weighted by Crippen LogP contribution is -2.09. The Bertz CT molecular complexity index is 2850. The number of hydrogen-bond acceptors (Lipinski definition) is 2. The first-order valence-corrected chi connectivity index (χ1v) is 17.1. The van der Waals surface area contributed by atoms with Gasteiger partial charge in [0.1, 0.15) is 11.2 Å². The van der Waals surface area contributed by atoms with Crippen molar-refractivity contribution in [2.24, 2.45) is 0 Å². The minimum Gasteiger partial charge on any atom is -0.455 e. The van der Waals surface area contributed by atoms with Crippen LogP contribution >= 0.6 is 0 Å². The van der Waals surface area contributed by atoms with E-state index >= 15 is 0 Å². The van der Waals surface area contributed by atoms with Crippen LogP contribution in [0, 0.1) is 0 Å². The molecule has 0 saturated heterocycles. The zero-order chi connectivity index (χ0) is 33.0. The Morgan fingerprint density at radius 1 is 0.320 bits per heavy atom. The molecule has 0 spiro atoms. The number of fused-ring (bicyclic) bond motifs is 8. The predicted molar refractivity (Wildman–Crippen MR) is 212 cm³/mol.